The van der Waals surface area contributed by atoms with Crippen LogP contribution >= 0.6 is 0 Å². The zero-order valence-corrected chi connectivity index (χ0v) is 12.7. The minimum absolute atomic E-state index is 0.134. The molecule has 7 nitrogen and oxygen atoms in total. The minimum atomic E-state index is -0.653. The summed E-state index contributed by atoms with van der Waals surface area (Å²) in [5.74, 6) is -1.20. The van der Waals surface area contributed by atoms with Gasteiger partial charge < -0.3 is 14.6 Å². The summed E-state index contributed by atoms with van der Waals surface area (Å²) in [5.41, 5.74) is 1.96. The average molecular weight is 313 g/mol. The van der Waals surface area contributed by atoms with E-state index in [1.807, 2.05) is 42.1 Å². The molecule has 0 atom stereocenters. The molecule has 1 aliphatic rings. The van der Waals surface area contributed by atoms with Crippen molar-refractivity contribution in [3.63, 3.8) is 0 Å². The van der Waals surface area contributed by atoms with Crippen LogP contribution in [0.4, 0.5) is 4.79 Å². The summed E-state index contributed by atoms with van der Waals surface area (Å²) in [7, 11) is 3.11. The highest BCUT2D eigenvalue weighted by Gasteiger charge is 2.35. The number of benzene rings is 1. The van der Waals surface area contributed by atoms with Crippen LogP contribution in [0.5, 0.6) is 0 Å². The maximum atomic E-state index is 12.3. The van der Waals surface area contributed by atoms with Crippen molar-refractivity contribution >= 4 is 34.9 Å². The Kier molecular flexibility index (Phi) is 3.61. The SMILES string of the molecule is COC(=O)CN1C(=O)NC(=Cc2cn(C)c3ccccc23)C1=O. The van der Waals surface area contributed by atoms with Gasteiger partial charge in [0.05, 0.1) is 7.11 Å². The fourth-order valence-electron chi connectivity index (χ4n) is 2.55. The monoisotopic (exact) mass is 313 g/mol. The molecule has 3 rings (SSSR count). The van der Waals surface area contributed by atoms with E-state index in [1.54, 1.807) is 6.08 Å². The van der Waals surface area contributed by atoms with Gasteiger partial charge in [-0.1, -0.05) is 18.2 Å². The molecule has 1 fully saturated rings. The van der Waals surface area contributed by atoms with Gasteiger partial charge in [0.25, 0.3) is 5.91 Å². The lowest BCUT2D eigenvalue weighted by atomic mass is 10.1. The van der Waals surface area contributed by atoms with Crippen LogP contribution in [0.2, 0.25) is 0 Å². The molecule has 0 bridgehead atoms. The third kappa shape index (κ3) is 2.57. The zero-order chi connectivity index (χ0) is 16.6. The highest BCUT2D eigenvalue weighted by Crippen LogP contribution is 2.23. The lowest BCUT2D eigenvalue weighted by molar-refractivity contribution is -0.143. The maximum absolute atomic E-state index is 12.3. The van der Waals surface area contributed by atoms with E-state index in [0.29, 0.717) is 0 Å². The minimum Gasteiger partial charge on any atom is -0.468 e. The van der Waals surface area contributed by atoms with Gasteiger partial charge in [-0.15, -0.1) is 0 Å². The highest BCUT2D eigenvalue weighted by molar-refractivity contribution is 6.15. The number of aromatic nitrogens is 1. The normalized spacial score (nSPS) is 16.3. The summed E-state index contributed by atoms with van der Waals surface area (Å²) < 4.78 is 6.43. The van der Waals surface area contributed by atoms with Crippen LogP contribution in [-0.2, 0) is 21.4 Å². The van der Waals surface area contributed by atoms with E-state index in [9.17, 15) is 14.4 Å². The van der Waals surface area contributed by atoms with Gasteiger partial charge in [-0.25, -0.2) is 9.69 Å². The Bertz CT molecular complexity index is 850. The van der Waals surface area contributed by atoms with Crippen LogP contribution in [0, 0.1) is 0 Å². The van der Waals surface area contributed by atoms with Crippen molar-refractivity contribution in [3.8, 4) is 0 Å². The molecule has 1 saturated heterocycles. The fourth-order valence-corrected chi connectivity index (χ4v) is 2.55. The van der Waals surface area contributed by atoms with E-state index in [0.717, 1.165) is 21.4 Å². The van der Waals surface area contributed by atoms with Crippen LogP contribution in [0.15, 0.2) is 36.2 Å². The number of imide groups is 1. The molecule has 2 heterocycles. The van der Waals surface area contributed by atoms with Crippen molar-refractivity contribution in [2.24, 2.45) is 7.05 Å². The van der Waals surface area contributed by atoms with Gasteiger partial charge in [-0.3, -0.25) is 9.59 Å². The summed E-state index contributed by atoms with van der Waals surface area (Å²) in [6.07, 6.45) is 3.49. The van der Waals surface area contributed by atoms with Crippen molar-refractivity contribution in [1.82, 2.24) is 14.8 Å². The number of carbonyl (C=O) groups is 3. The second kappa shape index (κ2) is 5.60. The second-order valence-electron chi connectivity index (χ2n) is 5.17. The van der Waals surface area contributed by atoms with Crippen LogP contribution in [-0.4, -0.2) is 41.0 Å². The Balaban J connectivity index is 1.95. The summed E-state index contributed by atoms with van der Waals surface area (Å²) in [5, 5.41) is 3.46. The maximum Gasteiger partial charge on any atom is 0.329 e. The third-order valence-corrected chi connectivity index (χ3v) is 3.70. The standard InChI is InChI=1S/C16H15N3O4/c1-18-8-10(11-5-3-4-6-13(11)18)7-12-15(21)19(16(22)17-12)9-14(20)23-2/h3-8H,9H2,1-2H3,(H,17,22). The van der Waals surface area contributed by atoms with Crippen molar-refractivity contribution in [2.75, 3.05) is 13.7 Å². The number of carbonyl (C=O) groups excluding carboxylic acids is 3. The fraction of sp³-hybridized carbons (Fsp3) is 0.188. The predicted molar refractivity (Wildman–Crippen MR) is 83.2 cm³/mol. The first kappa shape index (κ1) is 14.8. The number of nitrogens with zero attached hydrogens (tertiary/aromatic N) is 2. The predicted octanol–water partition coefficient (Wildman–Crippen LogP) is 1.24. The van der Waals surface area contributed by atoms with Crippen LogP contribution in [0.1, 0.15) is 5.56 Å². The van der Waals surface area contributed by atoms with Crippen molar-refractivity contribution in [3.05, 3.63) is 41.7 Å². The van der Waals surface area contributed by atoms with Gasteiger partial charge in [0.15, 0.2) is 0 Å². The summed E-state index contributed by atoms with van der Waals surface area (Å²) >= 11 is 0. The number of fused-ring (bicyclic) bond motifs is 1. The number of aryl methyl sites for hydroxylation is 1. The number of esters is 1. The molecule has 23 heavy (non-hydrogen) atoms. The first-order valence-electron chi connectivity index (χ1n) is 6.96. The molecule has 7 heteroatoms. The lowest BCUT2D eigenvalue weighted by Crippen LogP contribution is -2.36. The van der Waals surface area contributed by atoms with Crippen molar-refractivity contribution < 1.29 is 19.1 Å². The van der Waals surface area contributed by atoms with Gasteiger partial charge in [0.2, 0.25) is 0 Å². The van der Waals surface area contributed by atoms with Crippen LogP contribution in [0.25, 0.3) is 17.0 Å². The number of hydrogen-bond acceptors (Lipinski definition) is 4. The number of rotatable bonds is 3. The number of amides is 3. The van der Waals surface area contributed by atoms with Crippen molar-refractivity contribution in [1.29, 1.82) is 0 Å². The van der Waals surface area contributed by atoms with Gasteiger partial charge in [0.1, 0.15) is 12.2 Å². The molecule has 0 spiro atoms. The smallest absolute Gasteiger partial charge is 0.329 e. The molecule has 0 saturated carbocycles. The largest absolute Gasteiger partial charge is 0.468 e. The summed E-state index contributed by atoms with van der Waals surface area (Å²) in [6, 6.07) is 7.11. The molecular weight excluding hydrogens is 298 g/mol. The zero-order valence-electron chi connectivity index (χ0n) is 12.7. The number of ether oxygens (including phenoxy) is 1. The molecule has 1 N–H and O–H groups in total. The Morgan fingerprint density at radius 2 is 2.04 bits per heavy atom. The molecule has 3 amide bonds. The second-order valence-corrected chi connectivity index (χ2v) is 5.17. The Hall–Kier alpha value is -3.09. The van der Waals surface area contributed by atoms with Gasteiger partial charge in [0, 0.05) is 29.7 Å². The lowest BCUT2D eigenvalue weighted by Gasteiger charge is -2.08. The van der Waals surface area contributed by atoms with Gasteiger partial charge in [-0.2, -0.15) is 0 Å². The van der Waals surface area contributed by atoms with Crippen LogP contribution < -0.4 is 5.32 Å². The van der Waals surface area contributed by atoms with E-state index >= 15 is 0 Å². The molecule has 0 aliphatic carbocycles. The summed E-state index contributed by atoms with van der Waals surface area (Å²) in [6.45, 7) is -0.409. The molecule has 0 unspecified atom stereocenters. The van der Waals surface area contributed by atoms with E-state index in [2.05, 4.69) is 10.1 Å². The Morgan fingerprint density at radius 3 is 2.78 bits per heavy atom. The number of para-hydroxylation sites is 1. The van der Waals surface area contributed by atoms with Crippen LogP contribution in [0.3, 0.4) is 0 Å². The Morgan fingerprint density at radius 1 is 1.30 bits per heavy atom. The molecule has 2 aromatic rings. The molecule has 1 aromatic carbocycles. The van der Waals surface area contributed by atoms with Gasteiger partial charge >= 0.3 is 12.0 Å². The van der Waals surface area contributed by atoms with Gasteiger partial charge in [-0.05, 0) is 12.1 Å². The summed E-state index contributed by atoms with van der Waals surface area (Å²) in [4.78, 5) is 36.2. The number of nitrogens with one attached hydrogen (secondary N) is 1. The number of urea groups is 1. The quantitative estimate of drug-likeness (QED) is 0.525. The number of hydrogen-bond donors (Lipinski definition) is 1. The first-order chi connectivity index (χ1) is 11.0. The van der Waals surface area contributed by atoms with E-state index < -0.39 is 24.5 Å². The van der Waals surface area contributed by atoms with E-state index in [1.165, 1.54) is 7.11 Å². The van der Waals surface area contributed by atoms with E-state index in [-0.39, 0.29) is 5.70 Å². The molecule has 118 valence electrons. The highest BCUT2D eigenvalue weighted by atomic mass is 16.5. The Labute approximate surface area is 132 Å². The molecule has 1 aromatic heterocycles. The van der Waals surface area contributed by atoms with Crippen molar-refractivity contribution in [2.45, 2.75) is 0 Å². The molecular formula is C16H15N3O4. The average Bonchev–Trinajstić information content (AvgIpc) is 3.00. The number of methoxy groups -OCH3 is 1. The molecule has 0 radical (unpaired) electrons. The molecule has 1 aliphatic heterocycles. The first-order valence-corrected chi connectivity index (χ1v) is 6.96. The topological polar surface area (TPSA) is 80.6 Å². The third-order valence-electron chi connectivity index (χ3n) is 3.70. The van der Waals surface area contributed by atoms with E-state index in [4.69, 9.17) is 0 Å².